The lowest BCUT2D eigenvalue weighted by Crippen LogP contribution is -2.11. The Bertz CT molecular complexity index is 519. The Kier molecular flexibility index (Phi) is 3.00. The van der Waals surface area contributed by atoms with Crippen LogP contribution in [-0.2, 0) is 0 Å². The monoisotopic (exact) mass is 228 g/mol. The first kappa shape index (κ1) is 11.1. The second-order valence-electron chi connectivity index (χ2n) is 3.54. The molecule has 2 aromatic rings. The van der Waals surface area contributed by atoms with Crippen LogP contribution in [0.5, 0.6) is 11.6 Å². The smallest absolute Gasteiger partial charge is 0.219 e. The van der Waals surface area contributed by atoms with Gasteiger partial charge >= 0.3 is 0 Å². The number of nitrogen functional groups attached to an aromatic ring is 1. The van der Waals surface area contributed by atoms with Crippen LogP contribution in [0.2, 0.25) is 0 Å². The Morgan fingerprint density at radius 2 is 2.00 bits per heavy atom. The Hall–Kier alpha value is -2.43. The van der Waals surface area contributed by atoms with Crippen LogP contribution in [0.3, 0.4) is 0 Å². The summed E-state index contributed by atoms with van der Waals surface area (Å²) in [5.74, 6) is 1.06. The van der Waals surface area contributed by atoms with Crippen LogP contribution in [0.1, 0.15) is 11.3 Å². The lowest BCUT2D eigenvalue weighted by Gasteiger charge is -2.04. The van der Waals surface area contributed by atoms with E-state index in [9.17, 15) is 0 Å². The van der Waals surface area contributed by atoms with Gasteiger partial charge in [-0.1, -0.05) is 0 Å². The van der Waals surface area contributed by atoms with Crippen LogP contribution >= 0.6 is 0 Å². The Balaban J connectivity index is 2.13. The van der Waals surface area contributed by atoms with Gasteiger partial charge in [0.2, 0.25) is 5.88 Å². The number of nitrogens with two attached hydrogens (primary N) is 1. The molecule has 0 radical (unpaired) electrons. The number of rotatable bonds is 3. The second kappa shape index (κ2) is 4.61. The molecule has 0 bridgehead atoms. The van der Waals surface area contributed by atoms with Crippen molar-refractivity contribution in [1.82, 2.24) is 9.97 Å². The van der Waals surface area contributed by atoms with E-state index in [1.807, 2.05) is 19.1 Å². The zero-order valence-electron chi connectivity index (χ0n) is 9.34. The van der Waals surface area contributed by atoms with E-state index in [1.165, 1.54) is 6.20 Å². The van der Waals surface area contributed by atoms with Crippen LogP contribution in [0.15, 0.2) is 36.7 Å². The summed E-state index contributed by atoms with van der Waals surface area (Å²) in [6.45, 7) is 1.91. The highest BCUT2D eigenvalue weighted by Crippen LogP contribution is 2.18. The predicted molar refractivity (Wildman–Crippen MR) is 64.3 cm³/mol. The zero-order valence-corrected chi connectivity index (χ0v) is 9.34. The molecule has 86 valence electrons. The molecule has 0 amide bonds. The summed E-state index contributed by atoms with van der Waals surface area (Å²) in [7, 11) is 0. The molecule has 2 rings (SSSR count). The van der Waals surface area contributed by atoms with Crippen LogP contribution in [0, 0.1) is 12.3 Å². The van der Waals surface area contributed by atoms with Crippen LogP contribution < -0.4 is 10.5 Å². The number of aromatic nitrogens is 2. The lowest BCUT2D eigenvalue weighted by molar-refractivity contribution is 0.460. The molecule has 2 aromatic heterocycles. The maximum atomic E-state index is 7.24. The molecule has 5 heteroatoms. The fourth-order valence-corrected chi connectivity index (χ4v) is 1.24. The standard InChI is InChI=1S/C12H12N4O/c1-8-2-4-10(7-15-8)17-11-5-3-9(6-16-11)12(13)14/h2-7H,1H3,(H3,13,14). The number of pyridine rings is 2. The van der Waals surface area contributed by atoms with E-state index in [4.69, 9.17) is 15.9 Å². The maximum Gasteiger partial charge on any atom is 0.219 e. The summed E-state index contributed by atoms with van der Waals surface area (Å²) < 4.78 is 5.48. The van der Waals surface area contributed by atoms with Gasteiger partial charge in [0.25, 0.3) is 0 Å². The number of nitrogens with one attached hydrogen (secondary N) is 1. The number of hydrogen-bond donors (Lipinski definition) is 2. The molecular weight excluding hydrogens is 216 g/mol. The van der Waals surface area contributed by atoms with Crippen molar-refractivity contribution in [3.05, 3.63) is 47.9 Å². The van der Waals surface area contributed by atoms with Crippen molar-refractivity contribution < 1.29 is 4.74 Å². The van der Waals surface area contributed by atoms with Gasteiger partial charge in [-0.15, -0.1) is 0 Å². The van der Waals surface area contributed by atoms with E-state index < -0.39 is 0 Å². The Morgan fingerprint density at radius 3 is 2.53 bits per heavy atom. The number of ether oxygens (including phenoxy) is 1. The van der Waals surface area contributed by atoms with Crippen LogP contribution in [0.25, 0.3) is 0 Å². The topological polar surface area (TPSA) is 84.9 Å². The molecule has 0 unspecified atom stereocenters. The van der Waals surface area contributed by atoms with Crippen molar-refractivity contribution >= 4 is 5.84 Å². The molecule has 0 aliphatic heterocycles. The minimum absolute atomic E-state index is 0.0129. The molecule has 17 heavy (non-hydrogen) atoms. The third kappa shape index (κ3) is 2.78. The van der Waals surface area contributed by atoms with Crippen molar-refractivity contribution in [3.8, 4) is 11.6 Å². The highest BCUT2D eigenvalue weighted by molar-refractivity contribution is 5.94. The number of hydrogen-bond acceptors (Lipinski definition) is 4. The van der Waals surface area contributed by atoms with Gasteiger partial charge in [-0.25, -0.2) is 4.98 Å². The van der Waals surface area contributed by atoms with Gasteiger partial charge in [-0.2, -0.15) is 0 Å². The van der Waals surface area contributed by atoms with E-state index in [1.54, 1.807) is 18.3 Å². The quantitative estimate of drug-likeness (QED) is 0.620. The summed E-state index contributed by atoms with van der Waals surface area (Å²) in [6, 6.07) is 7.03. The van der Waals surface area contributed by atoms with Crippen molar-refractivity contribution in [1.29, 1.82) is 5.41 Å². The molecular formula is C12H12N4O. The molecule has 0 fully saturated rings. The van der Waals surface area contributed by atoms with Gasteiger partial charge in [0.1, 0.15) is 11.6 Å². The number of amidine groups is 1. The molecule has 0 aliphatic rings. The van der Waals surface area contributed by atoms with Gasteiger partial charge in [0.05, 0.1) is 6.20 Å². The first-order chi connectivity index (χ1) is 8.15. The van der Waals surface area contributed by atoms with Gasteiger partial charge < -0.3 is 10.5 Å². The van der Waals surface area contributed by atoms with Crippen LogP contribution in [0.4, 0.5) is 0 Å². The summed E-state index contributed by atoms with van der Waals surface area (Å²) in [4.78, 5) is 8.16. The van der Waals surface area contributed by atoms with E-state index in [0.717, 1.165) is 5.69 Å². The van der Waals surface area contributed by atoms with E-state index >= 15 is 0 Å². The largest absolute Gasteiger partial charge is 0.437 e. The second-order valence-corrected chi connectivity index (χ2v) is 3.54. The van der Waals surface area contributed by atoms with Crippen molar-refractivity contribution in [2.45, 2.75) is 6.92 Å². The minimum Gasteiger partial charge on any atom is -0.437 e. The zero-order chi connectivity index (χ0) is 12.3. The SMILES string of the molecule is Cc1ccc(Oc2ccc(C(=N)N)cn2)cn1. The summed E-state index contributed by atoms with van der Waals surface area (Å²) >= 11 is 0. The number of aryl methyl sites for hydroxylation is 1. The van der Waals surface area contributed by atoms with E-state index in [2.05, 4.69) is 9.97 Å². The Labute approximate surface area is 98.8 Å². The fraction of sp³-hybridized carbons (Fsp3) is 0.0833. The molecule has 5 nitrogen and oxygen atoms in total. The van der Waals surface area contributed by atoms with Crippen molar-refractivity contribution in [2.24, 2.45) is 5.73 Å². The van der Waals surface area contributed by atoms with Gasteiger partial charge in [-0.3, -0.25) is 10.4 Å². The van der Waals surface area contributed by atoms with E-state index in [-0.39, 0.29) is 5.84 Å². The van der Waals surface area contributed by atoms with Gasteiger partial charge in [-0.05, 0) is 25.1 Å². The molecule has 0 aliphatic carbocycles. The first-order valence-corrected chi connectivity index (χ1v) is 5.06. The summed E-state index contributed by atoms with van der Waals surface area (Å²) in [6.07, 6.45) is 3.13. The highest BCUT2D eigenvalue weighted by atomic mass is 16.5. The molecule has 0 saturated carbocycles. The third-order valence-electron chi connectivity index (χ3n) is 2.15. The number of nitrogens with zero attached hydrogens (tertiary/aromatic N) is 2. The van der Waals surface area contributed by atoms with Gasteiger partial charge in [0, 0.05) is 23.5 Å². The highest BCUT2D eigenvalue weighted by Gasteiger charge is 2.01. The van der Waals surface area contributed by atoms with Crippen molar-refractivity contribution in [3.63, 3.8) is 0 Å². The van der Waals surface area contributed by atoms with E-state index in [0.29, 0.717) is 17.2 Å². The molecule has 2 heterocycles. The Morgan fingerprint density at radius 1 is 1.18 bits per heavy atom. The average Bonchev–Trinajstić information content (AvgIpc) is 2.33. The normalized spacial score (nSPS) is 9.94. The molecule has 0 aromatic carbocycles. The lowest BCUT2D eigenvalue weighted by atomic mass is 10.3. The average molecular weight is 228 g/mol. The van der Waals surface area contributed by atoms with Crippen LogP contribution in [-0.4, -0.2) is 15.8 Å². The summed E-state index contributed by atoms with van der Waals surface area (Å²) in [5, 5.41) is 7.24. The summed E-state index contributed by atoms with van der Waals surface area (Å²) in [5.41, 5.74) is 6.82. The maximum absolute atomic E-state index is 7.24. The predicted octanol–water partition coefficient (Wildman–Crippen LogP) is 1.86. The molecule has 0 spiro atoms. The van der Waals surface area contributed by atoms with Gasteiger partial charge in [0.15, 0.2) is 0 Å². The molecule has 3 N–H and O–H groups in total. The molecule has 0 atom stereocenters. The van der Waals surface area contributed by atoms with Crippen molar-refractivity contribution in [2.75, 3.05) is 0 Å². The first-order valence-electron chi connectivity index (χ1n) is 5.06. The molecule has 0 saturated heterocycles. The fourth-order valence-electron chi connectivity index (χ4n) is 1.24. The third-order valence-corrected chi connectivity index (χ3v) is 2.15. The minimum atomic E-state index is -0.0129.